The van der Waals surface area contributed by atoms with Crippen LogP contribution in [0.5, 0.6) is 0 Å². The highest BCUT2D eigenvalue weighted by molar-refractivity contribution is 6.29. The molecule has 2 nitrogen and oxygen atoms in total. The second-order valence-electron chi connectivity index (χ2n) is 11.9. The van der Waals surface area contributed by atoms with E-state index < -0.39 is 0 Å². The number of aryl methyl sites for hydroxylation is 1. The molecule has 176 valence electrons. The van der Waals surface area contributed by atoms with E-state index in [1.165, 1.54) is 85.5 Å². The van der Waals surface area contributed by atoms with Crippen LogP contribution >= 0.6 is 0 Å². The minimum absolute atomic E-state index is 0.458. The maximum atomic E-state index is 5.03. The summed E-state index contributed by atoms with van der Waals surface area (Å²) >= 11 is 0. The third-order valence-electron chi connectivity index (χ3n) is 9.23. The summed E-state index contributed by atoms with van der Waals surface area (Å²) < 4.78 is 2.58. The van der Waals surface area contributed by atoms with Gasteiger partial charge in [0.15, 0.2) is 0 Å². The molecule has 3 aromatic heterocycles. The number of fused-ring (bicyclic) bond motifs is 7. The largest absolute Gasteiger partial charge is 0.308 e. The van der Waals surface area contributed by atoms with Crippen LogP contribution in [0.4, 0.5) is 0 Å². The molecule has 0 spiro atoms. The zero-order valence-electron chi connectivity index (χ0n) is 21.2. The third kappa shape index (κ3) is 2.60. The van der Waals surface area contributed by atoms with Gasteiger partial charge in [-0.05, 0) is 95.5 Å². The molecule has 0 unspecified atom stereocenters. The van der Waals surface area contributed by atoms with Crippen LogP contribution in [0.1, 0.15) is 56.6 Å². The van der Waals surface area contributed by atoms with Gasteiger partial charge in [0.2, 0.25) is 0 Å². The van der Waals surface area contributed by atoms with Gasteiger partial charge in [-0.1, -0.05) is 56.3 Å². The summed E-state index contributed by atoms with van der Waals surface area (Å²) in [5.41, 5.74) is 8.44. The van der Waals surface area contributed by atoms with Crippen molar-refractivity contribution in [2.75, 3.05) is 0 Å². The fraction of sp³-hybridized carbons (Fsp3) is 0.265. The summed E-state index contributed by atoms with van der Waals surface area (Å²) in [6, 6.07) is 25.0. The highest BCUT2D eigenvalue weighted by atomic mass is 14.9. The number of nitrogens with zero attached hydrogens (tertiary/aromatic N) is 2. The Labute approximate surface area is 210 Å². The van der Waals surface area contributed by atoms with Gasteiger partial charge in [-0.3, -0.25) is 4.98 Å². The first-order valence-corrected chi connectivity index (χ1v) is 13.4. The van der Waals surface area contributed by atoms with Gasteiger partial charge in [0.1, 0.15) is 0 Å². The Hall–Kier alpha value is -3.65. The molecule has 1 saturated carbocycles. The Kier molecular flexibility index (Phi) is 3.98. The number of hydrogen-bond acceptors (Lipinski definition) is 1. The fourth-order valence-electron chi connectivity index (χ4n) is 7.31. The lowest BCUT2D eigenvalue weighted by Crippen LogP contribution is -2.20. The molecule has 1 aliphatic rings. The summed E-state index contributed by atoms with van der Waals surface area (Å²) in [7, 11) is 0. The van der Waals surface area contributed by atoms with Gasteiger partial charge in [-0.15, -0.1) is 0 Å². The van der Waals surface area contributed by atoms with Gasteiger partial charge in [-0.25, -0.2) is 0 Å². The van der Waals surface area contributed by atoms with E-state index in [0.29, 0.717) is 11.3 Å². The molecule has 3 heterocycles. The van der Waals surface area contributed by atoms with Crippen molar-refractivity contribution in [1.29, 1.82) is 0 Å². The van der Waals surface area contributed by atoms with Crippen molar-refractivity contribution in [2.24, 2.45) is 5.41 Å². The van der Waals surface area contributed by atoms with Crippen LogP contribution in [0.15, 0.2) is 72.9 Å². The lowest BCUT2D eigenvalue weighted by atomic mass is 9.70. The van der Waals surface area contributed by atoms with Gasteiger partial charge in [-0.2, -0.15) is 0 Å². The molecule has 0 N–H and O–H groups in total. The summed E-state index contributed by atoms with van der Waals surface area (Å²) in [5.74, 6) is 0.609. The normalized spacial score (nSPS) is 17.0. The van der Waals surface area contributed by atoms with Gasteiger partial charge < -0.3 is 4.40 Å². The van der Waals surface area contributed by atoms with E-state index in [4.69, 9.17) is 4.98 Å². The molecule has 36 heavy (non-hydrogen) atoms. The predicted molar refractivity (Wildman–Crippen MR) is 154 cm³/mol. The first-order chi connectivity index (χ1) is 17.5. The second-order valence-corrected chi connectivity index (χ2v) is 11.9. The molecular formula is C34H30N2. The zero-order chi connectivity index (χ0) is 24.2. The number of hydrogen-bond donors (Lipinski definition) is 0. The molecule has 8 rings (SSSR count). The summed E-state index contributed by atoms with van der Waals surface area (Å²) in [6.45, 7) is 7.16. The van der Waals surface area contributed by atoms with E-state index in [2.05, 4.69) is 91.9 Å². The monoisotopic (exact) mass is 466 g/mol. The lowest BCUT2D eigenvalue weighted by Gasteiger charge is -2.35. The van der Waals surface area contributed by atoms with Crippen molar-refractivity contribution in [2.45, 2.75) is 52.4 Å². The van der Waals surface area contributed by atoms with Crippen LogP contribution in [0, 0.1) is 12.3 Å². The Morgan fingerprint density at radius 3 is 2.36 bits per heavy atom. The molecule has 0 saturated heterocycles. The lowest BCUT2D eigenvalue weighted by molar-refractivity contribution is 0.225. The SMILES string of the molecule is Cc1c2ccccc2cc2c3nccc4cc(C5CCC(C)(C)CC5)c5c6ccccc6n(c12)c5c43. The van der Waals surface area contributed by atoms with Gasteiger partial charge >= 0.3 is 0 Å². The molecule has 1 aliphatic carbocycles. The molecule has 2 heteroatoms. The quantitative estimate of drug-likeness (QED) is 0.174. The minimum atomic E-state index is 0.458. The Bertz CT molecular complexity index is 1980. The van der Waals surface area contributed by atoms with Gasteiger partial charge in [0.25, 0.3) is 0 Å². The van der Waals surface area contributed by atoms with Gasteiger partial charge in [0.05, 0.1) is 22.1 Å². The zero-order valence-corrected chi connectivity index (χ0v) is 21.2. The van der Waals surface area contributed by atoms with Crippen molar-refractivity contribution in [3.8, 4) is 0 Å². The Balaban J connectivity index is 1.63. The van der Waals surface area contributed by atoms with Crippen LogP contribution in [-0.4, -0.2) is 9.38 Å². The number of pyridine rings is 2. The van der Waals surface area contributed by atoms with E-state index in [0.717, 1.165) is 5.52 Å². The average Bonchev–Trinajstić information content (AvgIpc) is 3.24. The van der Waals surface area contributed by atoms with E-state index in [9.17, 15) is 0 Å². The smallest absolute Gasteiger partial charge is 0.0823 e. The third-order valence-corrected chi connectivity index (χ3v) is 9.23. The first kappa shape index (κ1) is 20.5. The second kappa shape index (κ2) is 6.97. The number of rotatable bonds is 1. The van der Waals surface area contributed by atoms with Crippen molar-refractivity contribution in [3.63, 3.8) is 0 Å². The van der Waals surface area contributed by atoms with Crippen molar-refractivity contribution in [1.82, 2.24) is 9.38 Å². The molecule has 0 radical (unpaired) electrons. The van der Waals surface area contributed by atoms with Crippen molar-refractivity contribution >= 4 is 59.8 Å². The molecular weight excluding hydrogens is 436 g/mol. The van der Waals surface area contributed by atoms with E-state index in [1.54, 1.807) is 5.56 Å². The molecule has 0 amide bonds. The standard InChI is InChI=1S/C34H30N2/c1-20-24-9-5-4-8-22(24)18-27-31-29-23(14-17-35-31)19-26(21-12-15-34(2,3)16-13-21)30-25-10-6-7-11-28(25)36(32(20)27)33(29)30/h4-11,14,17-19,21H,12-13,15-16H2,1-3H3. The highest BCUT2D eigenvalue weighted by Gasteiger charge is 2.31. The van der Waals surface area contributed by atoms with Gasteiger partial charge in [0, 0.05) is 27.7 Å². The number of benzene rings is 4. The highest BCUT2D eigenvalue weighted by Crippen LogP contribution is 2.49. The van der Waals surface area contributed by atoms with E-state index in [1.807, 2.05) is 6.20 Å². The van der Waals surface area contributed by atoms with Crippen LogP contribution in [0.25, 0.3) is 59.8 Å². The molecule has 4 aromatic carbocycles. The molecule has 7 aromatic rings. The number of aromatic nitrogens is 2. The Morgan fingerprint density at radius 1 is 0.778 bits per heavy atom. The van der Waals surface area contributed by atoms with Crippen LogP contribution in [0.2, 0.25) is 0 Å². The van der Waals surface area contributed by atoms with Crippen molar-refractivity contribution < 1.29 is 0 Å². The molecule has 1 fully saturated rings. The van der Waals surface area contributed by atoms with Crippen LogP contribution < -0.4 is 0 Å². The maximum absolute atomic E-state index is 5.03. The Morgan fingerprint density at radius 2 is 1.53 bits per heavy atom. The van der Waals surface area contributed by atoms with Crippen molar-refractivity contribution in [3.05, 3.63) is 84.1 Å². The summed E-state index contributed by atoms with van der Waals surface area (Å²) in [4.78, 5) is 5.03. The van der Waals surface area contributed by atoms with E-state index >= 15 is 0 Å². The summed E-state index contributed by atoms with van der Waals surface area (Å²) in [6.07, 6.45) is 7.15. The fourth-order valence-corrected chi connectivity index (χ4v) is 7.31. The number of para-hydroxylation sites is 1. The molecule has 0 aliphatic heterocycles. The van der Waals surface area contributed by atoms with E-state index in [-0.39, 0.29) is 0 Å². The topological polar surface area (TPSA) is 17.3 Å². The predicted octanol–water partition coefficient (Wildman–Crippen LogP) is 9.53. The first-order valence-electron chi connectivity index (χ1n) is 13.4. The molecule has 0 bridgehead atoms. The average molecular weight is 467 g/mol. The maximum Gasteiger partial charge on any atom is 0.0823 e. The van der Waals surface area contributed by atoms with Crippen LogP contribution in [0.3, 0.4) is 0 Å². The molecule has 0 atom stereocenters. The minimum Gasteiger partial charge on any atom is -0.308 e. The summed E-state index contributed by atoms with van der Waals surface area (Å²) in [5, 5.41) is 9.33. The van der Waals surface area contributed by atoms with Crippen LogP contribution in [-0.2, 0) is 0 Å².